The Hall–Kier alpha value is -2.15. The zero-order chi connectivity index (χ0) is 16.9. The van der Waals surface area contributed by atoms with Crippen molar-refractivity contribution in [3.8, 4) is 0 Å². The normalized spacial score (nSPS) is 10.4. The molecule has 3 aromatic rings. The van der Waals surface area contributed by atoms with Crippen LogP contribution in [0.25, 0.3) is 0 Å². The van der Waals surface area contributed by atoms with E-state index < -0.39 is 0 Å². The van der Waals surface area contributed by atoms with E-state index in [0.29, 0.717) is 27.5 Å². The van der Waals surface area contributed by atoms with Gasteiger partial charge in [0.2, 0.25) is 0 Å². The second kappa shape index (κ2) is 7.61. The highest BCUT2D eigenvalue weighted by atomic mass is 35.5. The minimum Gasteiger partial charge on any atom is -0.330 e. The zero-order valence-electron chi connectivity index (χ0n) is 12.4. The van der Waals surface area contributed by atoms with Gasteiger partial charge >= 0.3 is 0 Å². The van der Waals surface area contributed by atoms with Crippen LogP contribution in [0.3, 0.4) is 0 Å². The molecular formula is C16H13Cl2N5S. The molecule has 0 fully saturated rings. The predicted molar refractivity (Wildman–Crippen MR) is 102 cm³/mol. The van der Waals surface area contributed by atoms with Crippen molar-refractivity contribution in [2.75, 3.05) is 10.6 Å². The van der Waals surface area contributed by atoms with Crippen molar-refractivity contribution in [3.63, 3.8) is 0 Å². The van der Waals surface area contributed by atoms with Gasteiger partial charge in [-0.2, -0.15) is 5.10 Å². The molecule has 5 nitrogen and oxygen atoms in total. The largest absolute Gasteiger partial charge is 0.330 e. The zero-order valence-corrected chi connectivity index (χ0v) is 14.7. The molecule has 0 spiro atoms. The summed E-state index contributed by atoms with van der Waals surface area (Å²) >= 11 is 16.9. The summed E-state index contributed by atoms with van der Waals surface area (Å²) in [5, 5.41) is 12.1. The molecule has 0 atom stereocenters. The fourth-order valence-corrected chi connectivity index (χ4v) is 2.48. The average molecular weight is 378 g/mol. The van der Waals surface area contributed by atoms with E-state index in [0.717, 1.165) is 11.3 Å². The van der Waals surface area contributed by atoms with E-state index in [1.807, 2.05) is 35.1 Å². The van der Waals surface area contributed by atoms with E-state index in [1.165, 1.54) is 0 Å². The Balaban J connectivity index is 1.58. The van der Waals surface area contributed by atoms with Crippen molar-refractivity contribution in [2.45, 2.75) is 6.54 Å². The summed E-state index contributed by atoms with van der Waals surface area (Å²) in [6, 6.07) is 11.1. The predicted octanol–water partition coefficient (Wildman–Crippen LogP) is 4.44. The van der Waals surface area contributed by atoms with Gasteiger partial charge < -0.3 is 10.6 Å². The van der Waals surface area contributed by atoms with E-state index in [-0.39, 0.29) is 0 Å². The Morgan fingerprint density at radius 3 is 2.46 bits per heavy atom. The molecule has 3 rings (SSSR count). The number of nitrogens with one attached hydrogen (secondary N) is 2. The summed E-state index contributed by atoms with van der Waals surface area (Å²) < 4.78 is 1.81. The molecule has 24 heavy (non-hydrogen) atoms. The molecule has 0 amide bonds. The van der Waals surface area contributed by atoms with Crippen LogP contribution >= 0.6 is 35.4 Å². The second-order valence-electron chi connectivity index (χ2n) is 4.99. The molecule has 2 aromatic heterocycles. The first-order chi connectivity index (χ1) is 11.6. The molecule has 0 bridgehead atoms. The maximum Gasteiger partial charge on any atom is 0.176 e. The van der Waals surface area contributed by atoms with Crippen LogP contribution in [0.5, 0.6) is 0 Å². The van der Waals surface area contributed by atoms with Gasteiger partial charge in [0, 0.05) is 17.4 Å². The highest BCUT2D eigenvalue weighted by Gasteiger charge is 2.03. The number of anilines is 2. The second-order valence-corrected chi connectivity index (χ2v) is 6.27. The van der Waals surface area contributed by atoms with Gasteiger partial charge in [0.05, 0.1) is 23.5 Å². The molecule has 2 heterocycles. The Morgan fingerprint density at radius 2 is 1.75 bits per heavy atom. The Kier molecular flexibility index (Phi) is 5.30. The summed E-state index contributed by atoms with van der Waals surface area (Å²) in [6.45, 7) is 0.651. The van der Waals surface area contributed by atoms with Crippen molar-refractivity contribution >= 4 is 52.0 Å². The molecule has 0 radical (unpaired) electrons. The molecule has 8 heteroatoms. The number of benzene rings is 1. The number of nitrogens with zero attached hydrogens (tertiary/aromatic N) is 3. The van der Waals surface area contributed by atoms with E-state index >= 15 is 0 Å². The molecule has 0 unspecified atom stereocenters. The van der Waals surface area contributed by atoms with Crippen molar-refractivity contribution in [3.05, 3.63) is 70.6 Å². The molecular weight excluding hydrogens is 365 g/mol. The maximum atomic E-state index is 5.89. The number of halogens is 2. The van der Waals surface area contributed by atoms with Crippen molar-refractivity contribution in [1.29, 1.82) is 0 Å². The van der Waals surface area contributed by atoms with Crippen LogP contribution in [0.15, 0.2) is 55.0 Å². The van der Waals surface area contributed by atoms with Crippen molar-refractivity contribution in [2.24, 2.45) is 0 Å². The van der Waals surface area contributed by atoms with Crippen LogP contribution in [0.1, 0.15) is 5.56 Å². The Bertz CT molecular complexity index is 830. The monoisotopic (exact) mass is 377 g/mol. The average Bonchev–Trinajstić information content (AvgIpc) is 2.99. The summed E-state index contributed by atoms with van der Waals surface area (Å²) in [6.07, 6.45) is 5.13. The van der Waals surface area contributed by atoms with Gasteiger partial charge in [0.1, 0.15) is 5.82 Å². The lowest BCUT2D eigenvalue weighted by molar-refractivity contribution is 0.687. The number of pyridine rings is 1. The third-order valence-corrected chi connectivity index (χ3v) is 3.80. The maximum absolute atomic E-state index is 5.89. The first kappa shape index (κ1) is 16.7. The van der Waals surface area contributed by atoms with Crippen LogP contribution in [-0.2, 0) is 6.54 Å². The van der Waals surface area contributed by atoms with Crippen LogP contribution < -0.4 is 10.6 Å². The van der Waals surface area contributed by atoms with Gasteiger partial charge in [0.25, 0.3) is 0 Å². The standard InChI is InChI=1S/C16H13Cl2N5S/c17-12-3-1-11(2-4-12)9-23-10-14(8-20-23)21-16(24)22-15-6-5-13(18)7-19-15/h1-8,10H,9H2,(H2,19,21,22,24). The molecule has 0 aliphatic heterocycles. The van der Waals surface area contributed by atoms with Crippen LogP contribution in [0, 0.1) is 0 Å². The molecule has 1 aromatic carbocycles. The molecule has 0 aliphatic rings. The van der Waals surface area contributed by atoms with E-state index in [4.69, 9.17) is 35.4 Å². The summed E-state index contributed by atoms with van der Waals surface area (Å²) in [7, 11) is 0. The highest BCUT2D eigenvalue weighted by Crippen LogP contribution is 2.13. The van der Waals surface area contributed by atoms with Crippen LogP contribution in [0.2, 0.25) is 10.0 Å². The first-order valence-electron chi connectivity index (χ1n) is 7.05. The summed E-state index contributed by atoms with van der Waals surface area (Å²) in [5.74, 6) is 0.616. The smallest absolute Gasteiger partial charge is 0.176 e. The number of hydrogen-bond donors (Lipinski definition) is 2. The Morgan fingerprint density at radius 1 is 1.00 bits per heavy atom. The SMILES string of the molecule is S=C(Nc1cnn(Cc2ccc(Cl)cc2)c1)Nc1ccc(Cl)cn1. The van der Waals surface area contributed by atoms with Gasteiger partial charge in [-0.1, -0.05) is 35.3 Å². The lowest BCUT2D eigenvalue weighted by Crippen LogP contribution is -2.19. The van der Waals surface area contributed by atoms with Crippen molar-refractivity contribution in [1.82, 2.24) is 14.8 Å². The Labute approximate surface area is 154 Å². The van der Waals surface area contributed by atoms with Gasteiger partial charge in [-0.25, -0.2) is 4.98 Å². The van der Waals surface area contributed by atoms with E-state index in [9.17, 15) is 0 Å². The number of hydrogen-bond acceptors (Lipinski definition) is 3. The summed E-state index contributed by atoms with van der Waals surface area (Å²) in [4.78, 5) is 4.13. The van der Waals surface area contributed by atoms with Crippen LogP contribution in [-0.4, -0.2) is 19.9 Å². The lowest BCUT2D eigenvalue weighted by Gasteiger charge is -2.08. The minimum absolute atomic E-state index is 0.427. The third kappa shape index (κ3) is 4.67. The van der Waals surface area contributed by atoms with E-state index in [2.05, 4.69) is 20.7 Å². The topological polar surface area (TPSA) is 54.8 Å². The molecule has 122 valence electrons. The fraction of sp³-hybridized carbons (Fsp3) is 0.0625. The first-order valence-corrected chi connectivity index (χ1v) is 8.21. The molecule has 0 saturated heterocycles. The quantitative estimate of drug-likeness (QED) is 0.658. The van der Waals surface area contributed by atoms with Gasteiger partial charge in [0.15, 0.2) is 5.11 Å². The molecule has 0 aliphatic carbocycles. The van der Waals surface area contributed by atoms with Gasteiger partial charge in [-0.3, -0.25) is 4.68 Å². The molecule has 2 N–H and O–H groups in total. The van der Waals surface area contributed by atoms with Gasteiger partial charge in [-0.15, -0.1) is 0 Å². The van der Waals surface area contributed by atoms with Crippen molar-refractivity contribution < 1.29 is 0 Å². The van der Waals surface area contributed by atoms with E-state index in [1.54, 1.807) is 24.5 Å². The summed E-state index contributed by atoms with van der Waals surface area (Å²) in [5.41, 5.74) is 1.90. The third-order valence-electron chi connectivity index (χ3n) is 3.12. The number of thiocarbonyl (C=S) groups is 1. The highest BCUT2D eigenvalue weighted by molar-refractivity contribution is 7.80. The number of aromatic nitrogens is 3. The minimum atomic E-state index is 0.427. The molecule has 0 saturated carbocycles. The fourth-order valence-electron chi connectivity index (χ4n) is 2.02. The van der Waals surface area contributed by atoms with Crippen LogP contribution in [0.4, 0.5) is 11.5 Å². The number of rotatable bonds is 4. The van der Waals surface area contributed by atoms with Gasteiger partial charge in [-0.05, 0) is 42.0 Å². The lowest BCUT2D eigenvalue weighted by atomic mass is 10.2.